The van der Waals surface area contributed by atoms with E-state index >= 15 is 0 Å². The van der Waals surface area contributed by atoms with Crippen LogP contribution in [0.2, 0.25) is 0 Å². The monoisotopic (exact) mass is 290 g/mol. The van der Waals surface area contributed by atoms with Crippen molar-refractivity contribution in [1.29, 1.82) is 0 Å². The third kappa shape index (κ3) is 3.22. The molecule has 1 atom stereocenters. The van der Waals surface area contributed by atoms with E-state index < -0.39 is 0 Å². The van der Waals surface area contributed by atoms with E-state index in [0.29, 0.717) is 0 Å². The SMILES string of the molecule is COC(=O)C(Sc1nccn1-c1ccccc1)C(C)C. The number of aromatic nitrogens is 2. The minimum Gasteiger partial charge on any atom is -0.468 e. The van der Waals surface area contributed by atoms with Gasteiger partial charge in [0.05, 0.1) is 7.11 Å². The highest BCUT2D eigenvalue weighted by Gasteiger charge is 2.26. The van der Waals surface area contributed by atoms with Crippen molar-refractivity contribution in [3.05, 3.63) is 42.7 Å². The summed E-state index contributed by atoms with van der Waals surface area (Å²) in [5.41, 5.74) is 1.03. The molecule has 0 aliphatic rings. The van der Waals surface area contributed by atoms with Crippen molar-refractivity contribution in [2.24, 2.45) is 5.92 Å². The van der Waals surface area contributed by atoms with Crippen molar-refractivity contribution >= 4 is 17.7 Å². The Morgan fingerprint density at radius 2 is 2.00 bits per heavy atom. The number of hydrogen-bond acceptors (Lipinski definition) is 4. The van der Waals surface area contributed by atoms with E-state index in [-0.39, 0.29) is 17.1 Å². The van der Waals surface area contributed by atoms with Gasteiger partial charge >= 0.3 is 5.97 Å². The zero-order valence-electron chi connectivity index (χ0n) is 11.8. The predicted octanol–water partition coefficient (Wildman–Crippen LogP) is 3.16. The second-order valence-electron chi connectivity index (χ2n) is 4.72. The third-order valence-electron chi connectivity index (χ3n) is 2.91. The second-order valence-corrected chi connectivity index (χ2v) is 5.83. The molecule has 0 bridgehead atoms. The standard InChI is InChI=1S/C15H18N2O2S/c1-11(2)13(14(18)19-3)20-15-16-9-10-17(15)12-7-5-4-6-8-12/h4-11,13H,1-3H3. The molecule has 5 heteroatoms. The van der Waals surface area contributed by atoms with E-state index in [9.17, 15) is 4.79 Å². The number of imidazole rings is 1. The maximum absolute atomic E-state index is 11.8. The molecule has 106 valence electrons. The van der Waals surface area contributed by atoms with Crippen molar-refractivity contribution in [2.75, 3.05) is 7.11 Å². The summed E-state index contributed by atoms with van der Waals surface area (Å²) < 4.78 is 6.85. The third-order valence-corrected chi connectivity index (χ3v) is 4.42. The highest BCUT2D eigenvalue weighted by molar-refractivity contribution is 8.00. The summed E-state index contributed by atoms with van der Waals surface area (Å²) >= 11 is 1.43. The Kier molecular flexibility index (Phi) is 4.84. The first-order valence-electron chi connectivity index (χ1n) is 6.46. The van der Waals surface area contributed by atoms with Gasteiger partial charge in [0.15, 0.2) is 5.16 Å². The average molecular weight is 290 g/mol. The Morgan fingerprint density at radius 1 is 1.30 bits per heavy atom. The summed E-state index contributed by atoms with van der Waals surface area (Å²) in [6.45, 7) is 4.01. The van der Waals surface area contributed by atoms with E-state index in [4.69, 9.17) is 4.74 Å². The summed E-state index contributed by atoms with van der Waals surface area (Å²) in [7, 11) is 1.42. The molecule has 1 aromatic heterocycles. The number of methoxy groups -OCH3 is 1. The lowest BCUT2D eigenvalue weighted by Gasteiger charge is -2.17. The van der Waals surface area contributed by atoms with Crippen LogP contribution in [0.5, 0.6) is 0 Å². The molecular formula is C15H18N2O2S. The Bertz CT molecular complexity index is 566. The molecule has 2 aromatic rings. The Labute approximate surface area is 123 Å². The van der Waals surface area contributed by atoms with E-state index in [0.717, 1.165) is 10.8 Å². The molecule has 0 fully saturated rings. The first kappa shape index (κ1) is 14.7. The van der Waals surface area contributed by atoms with Crippen LogP contribution in [0, 0.1) is 5.92 Å². The normalized spacial score (nSPS) is 12.4. The van der Waals surface area contributed by atoms with Gasteiger partial charge in [-0.05, 0) is 18.1 Å². The van der Waals surface area contributed by atoms with Gasteiger partial charge in [0.25, 0.3) is 0 Å². The minimum atomic E-state index is -0.259. The number of thioether (sulfide) groups is 1. The number of rotatable bonds is 5. The molecule has 0 saturated heterocycles. The molecule has 0 aliphatic heterocycles. The Morgan fingerprint density at radius 3 is 2.60 bits per heavy atom. The number of nitrogens with zero attached hydrogens (tertiary/aromatic N) is 2. The summed E-state index contributed by atoms with van der Waals surface area (Å²) in [5.74, 6) is -0.0408. The fourth-order valence-electron chi connectivity index (χ4n) is 1.85. The summed E-state index contributed by atoms with van der Waals surface area (Å²) in [4.78, 5) is 16.2. The molecule has 1 unspecified atom stereocenters. The van der Waals surface area contributed by atoms with Gasteiger partial charge in [-0.3, -0.25) is 9.36 Å². The minimum absolute atomic E-state index is 0.174. The molecule has 4 nitrogen and oxygen atoms in total. The molecule has 0 spiro atoms. The van der Waals surface area contributed by atoms with Crippen LogP contribution in [0.1, 0.15) is 13.8 Å². The van der Waals surface area contributed by atoms with Crippen LogP contribution >= 0.6 is 11.8 Å². The van der Waals surface area contributed by atoms with Crippen LogP contribution in [0.15, 0.2) is 47.9 Å². The van der Waals surface area contributed by atoms with E-state index in [1.165, 1.54) is 18.9 Å². The van der Waals surface area contributed by atoms with Crippen molar-refractivity contribution in [1.82, 2.24) is 9.55 Å². The van der Waals surface area contributed by atoms with Crippen molar-refractivity contribution < 1.29 is 9.53 Å². The summed E-state index contributed by atoms with van der Waals surface area (Å²) in [6.07, 6.45) is 3.64. The van der Waals surface area contributed by atoms with Gasteiger partial charge in [-0.2, -0.15) is 0 Å². The maximum Gasteiger partial charge on any atom is 0.319 e. The number of hydrogen-bond donors (Lipinski definition) is 0. The fraction of sp³-hybridized carbons (Fsp3) is 0.333. The number of esters is 1. The molecule has 0 saturated carbocycles. The molecule has 1 heterocycles. The van der Waals surface area contributed by atoms with Crippen LogP contribution in [-0.2, 0) is 9.53 Å². The topological polar surface area (TPSA) is 44.1 Å². The number of para-hydroxylation sites is 1. The zero-order valence-corrected chi connectivity index (χ0v) is 12.6. The Balaban J connectivity index is 2.26. The summed E-state index contributed by atoms with van der Waals surface area (Å²) in [5, 5.41) is 0.533. The van der Waals surface area contributed by atoms with Crippen LogP contribution in [0.4, 0.5) is 0 Å². The predicted molar refractivity (Wildman–Crippen MR) is 80.1 cm³/mol. The van der Waals surface area contributed by atoms with Crippen LogP contribution < -0.4 is 0 Å². The van der Waals surface area contributed by atoms with E-state index in [1.807, 2.05) is 54.9 Å². The average Bonchev–Trinajstić information content (AvgIpc) is 2.92. The van der Waals surface area contributed by atoms with E-state index in [2.05, 4.69) is 4.98 Å². The van der Waals surface area contributed by atoms with Crippen LogP contribution in [0.25, 0.3) is 5.69 Å². The number of carbonyl (C=O) groups excluding carboxylic acids is 1. The number of benzene rings is 1. The fourth-order valence-corrected chi connectivity index (χ4v) is 2.94. The van der Waals surface area contributed by atoms with Crippen molar-refractivity contribution in [2.45, 2.75) is 24.3 Å². The molecule has 20 heavy (non-hydrogen) atoms. The highest BCUT2D eigenvalue weighted by Crippen LogP contribution is 2.29. The van der Waals surface area contributed by atoms with Crippen molar-refractivity contribution in [3.63, 3.8) is 0 Å². The second kappa shape index (κ2) is 6.61. The van der Waals surface area contributed by atoms with Gasteiger partial charge in [0, 0.05) is 18.1 Å². The number of ether oxygens (including phenoxy) is 1. The van der Waals surface area contributed by atoms with Gasteiger partial charge in [-0.15, -0.1) is 0 Å². The summed E-state index contributed by atoms with van der Waals surface area (Å²) in [6, 6.07) is 9.94. The van der Waals surface area contributed by atoms with Gasteiger partial charge in [0.1, 0.15) is 5.25 Å². The highest BCUT2D eigenvalue weighted by atomic mass is 32.2. The molecule has 0 radical (unpaired) electrons. The van der Waals surface area contributed by atoms with Crippen LogP contribution in [0.3, 0.4) is 0 Å². The molecule has 0 N–H and O–H groups in total. The molecule has 0 amide bonds. The van der Waals surface area contributed by atoms with E-state index in [1.54, 1.807) is 6.20 Å². The van der Waals surface area contributed by atoms with Crippen molar-refractivity contribution in [3.8, 4) is 5.69 Å². The Hall–Kier alpha value is -1.75. The lowest BCUT2D eigenvalue weighted by atomic mass is 10.1. The molecule has 0 aliphatic carbocycles. The zero-order chi connectivity index (χ0) is 14.5. The van der Waals surface area contributed by atoms with Gasteiger partial charge in [0.2, 0.25) is 0 Å². The molecular weight excluding hydrogens is 272 g/mol. The first-order valence-corrected chi connectivity index (χ1v) is 7.34. The smallest absolute Gasteiger partial charge is 0.319 e. The van der Waals surface area contributed by atoms with Crippen LogP contribution in [-0.4, -0.2) is 27.9 Å². The quantitative estimate of drug-likeness (QED) is 0.627. The first-order chi connectivity index (χ1) is 9.63. The van der Waals surface area contributed by atoms with Gasteiger partial charge < -0.3 is 4.74 Å². The number of carbonyl (C=O) groups is 1. The largest absolute Gasteiger partial charge is 0.468 e. The van der Waals surface area contributed by atoms with Gasteiger partial charge in [-0.25, -0.2) is 4.98 Å². The lowest BCUT2D eigenvalue weighted by Crippen LogP contribution is -2.24. The molecule has 1 aromatic carbocycles. The molecule has 2 rings (SSSR count). The van der Waals surface area contributed by atoms with Gasteiger partial charge in [-0.1, -0.05) is 43.8 Å². The maximum atomic E-state index is 11.8. The lowest BCUT2D eigenvalue weighted by molar-refractivity contribution is -0.140.